The lowest BCUT2D eigenvalue weighted by atomic mass is 9.90. The van der Waals surface area contributed by atoms with Gasteiger partial charge >= 0.3 is 0 Å². The molecule has 0 spiro atoms. The van der Waals surface area contributed by atoms with Crippen molar-refractivity contribution in [1.29, 1.82) is 0 Å². The number of nitrogens with zero attached hydrogens (tertiary/aromatic N) is 2. The molecule has 0 saturated carbocycles. The molecular weight excluding hydrogens is 212 g/mol. The fourth-order valence-corrected chi connectivity index (χ4v) is 1.55. The van der Waals surface area contributed by atoms with E-state index in [4.69, 9.17) is 23.1 Å². The van der Waals surface area contributed by atoms with Gasteiger partial charge in [0, 0.05) is 12.4 Å². The molecule has 2 heterocycles. The largest absolute Gasteiger partial charge is 0.314 e. The zero-order valence-corrected chi connectivity index (χ0v) is 8.72. The highest BCUT2D eigenvalue weighted by Crippen LogP contribution is 2.24. The summed E-state index contributed by atoms with van der Waals surface area (Å²) in [5.74, 6) is 0. The fraction of sp³-hybridized carbons (Fsp3) is 0.200. The Morgan fingerprint density at radius 1 is 1.40 bits per heavy atom. The van der Waals surface area contributed by atoms with E-state index in [0.29, 0.717) is 10.7 Å². The third-order valence-corrected chi connectivity index (χ3v) is 2.59. The lowest BCUT2D eigenvalue weighted by Gasteiger charge is -2.30. The van der Waals surface area contributed by atoms with Crippen LogP contribution in [0.4, 0.5) is 0 Å². The van der Waals surface area contributed by atoms with Crippen molar-refractivity contribution in [3.05, 3.63) is 41.2 Å². The van der Waals surface area contributed by atoms with Crippen molar-refractivity contribution in [2.24, 2.45) is 16.5 Å². The number of hydrogen-bond donors (Lipinski definition) is 2. The standard InChI is InChI=1S/C10H11ClN4/c11-7-2-3-8(15-6-7)10(13)4-1-5-14-9(10)12/h1-6,9H,12-13H2. The zero-order chi connectivity index (χ0) is 10.9. The van der Waals surface area contributed by atoms with Crippen molar-refractivity contribution in [3.8, 4) is 0 Å². The van der Waals surface area contributed by atoms with Crippen molar-refractivity contribution in [3.63, 3.8) is 0 Å². The first-order valence-electron chi connectivity index (χ1n) is 4.50. The molecule has 15 heavy (non-hydrogen) atoms. The maximum Gasteiger partial charge on any atom is 0.125 e. The first-order valence-corrected chi connectivity index (χ1v) is 4.88. The molecule has 0 radical (unpaired) electrons. The molecule has 4 nitrogen and oxygen atoms in total. The van der Waals surface area contributed by atoms with Gasteiger partial charge in [-0.1, -0.05) is 17.7 Å². The van der Waals surface area contributed by atoms with E-state index >= 15 is 0 Å². The molecule has 0 fully saturated rings. The molecule has 2 atom stereocenters. The summed E-state index contributed by atoms with van der Waals surface area (Å²) in [7, 11) is 0. The minimum absolute atomic E-state index is 0.517. The van der Waals surface area contributed by atoms with Gasteiger partial charge in [0.05, 0.1) is 10.7 Å². The second kappa shape index (κ2) is 3.73. The van der Waals surface area contributed by atoms with Gasteiger partial charge in [-0.3, -0.25) is 9.98 Å². The van der Waals surface area contributed by atoms with Crippen LogP contribution in [0.1, 0.15) is 5.69 Å². The SMILES string of the molecule is NC1N=CC=CC1(N)c1ccc(Cl)cn1. The Labute approximate surface area is 92.7 Å². The monoisotopic (exact) mass is 222 g/mol. The van der Waals surface area contributed by atoms with Crippen LogP contribution in [0, 0.1) is 0 Å². The Morgan fingerprint density at radius 2 is 2.20 bits per heavy atom. The summed E-state index contributed by atoms with van der Waals surface area (Å²) in [6.07, 6.45) is 6.22. The van der Waals surface area contributed by atoms with Crippen LogP contribution >= 0.6 is 11.6 Å². The van der Waals surface area contributed by atoms with Gasteiger partial charge in [0.25, 0.3) is 0 Å². The highest BCUT2D eigenvalue weighted by atomic mass is 35.5. The summed E-state index contributed by atoms with van der Waals surface area (Å²) in [4.78, 5) is 8.21. The molecule has 2 unspecified atom stereocenters. The maximum absolute atomic E-state index is 6.14. The van der Waals surface area contributed by atoms with E-state index in [0.717, 1.165) is 0 Å². The molecule has 4 N–H and O–H groups in total. The van der Waals surface area contributed by atoms with Crippen LogP contribution in [0.25, 0.3) is 0 Å². The normalized spacial score (nSPS) is 29.4. The third-order valence-electron chi connectivity index (χ3n) is 2.37. The average molecular weight is 223 g/mol. The van der Waals surface area contributed by atoms with E-state index in [1.165, 1.54) is 0 Å². The van der Waals surface area contributed by atoms with Gasteiger partial charge in [-0.15, -0.1) is 0 Å². The van der Waals surface area contributed by atoms with Crippen LogP contribution in [0.2, 0.25) is 5.02 Å². The second-order valence-electron chi connectivity index (χ2n) is 3.40. The van der Waals surface area contributed by atoms with E-state index < -0.39 is 11.7 Å². The molecule has 1 aromatic rings. The summed E-state index contributed by atoms with van der Waals surface area (Å²) in [5, 5.41) is 0.569. The quantitative estimate of drug-likeness (QED) is 0.739. The summed E-state index contributed by atoms with van der Waals surface area (Å²) in [6.45, 7) is 0. The number of allylic oxidation sites excluding steroid dienone is 1. The molecule has 0 saturated heterocycles. The molecule has 2 rings (SSSR count). The fourth-order valence-electron chi connectivity index (χ4n) is 1.44. The molecule has 0 amide bonds. The molecule has 0 bridgehead atoms. The van der Waals surface area contributed by atoms with Gasteiger partial charge in [0.15, 0.2) is 0 Å². The molecule has 5 heteroatoms. The first kappa shape index (κ1) is 10.3. The van der Waals surface area contributed by atoms with Crippen molar-refractivity contribution in [2.45, 2.75) is 11.7 Å². The minimum atomic E-state index is -0.848. The van der Waals surface area contributed by atoms with Gasteiger partial charge in [0.2, 0.25) is 0 Å². The van der Waals surface area contributed by atoms with Crippen molar-refractivity contribution in [1.82, 2.24) is 4.98 Å². The summed E-state index contributed by atoms with van der Waals surface area (Å²) in [6, 6.07) is 3.49. The molecule has 1 aliphatic heterocycles. The molecule has 1 aromatic heterocycles. The van der Waals surface area contributed by atoms with Crippen LogP contribution < -0.4 is 11.5 Å². The van der Waals surface area contributed by atoms with E-state index in [1.54, 1.807) is 36.7 Å². The number of rotatable bonds is 1. The molecule has 78 valence electrons. The number of nitrogens with two attached hydrogens (primary N) is 2. The van der Waals surface area contributed by atoms with Gasteiger partial charge in [-0.2, -0.15) is 0 Å². The van der Waals surface area contributed by atoms with Gasteiger partial charge < -0.3 is 11.5 Å². The molecule has 0 aromatic carbocycles. The predicted molar refractivity (Wildman–Crippen MR) is 60.7 cm³/mol. The van der Waals surface area contributed by atoms with Crippen LogP contribution in [-0.4, -0.2) is 17.4 Å². The number of aliphatic imine (C=N–C) groups is 1. The van der Waals surface area contributed by atoms with E-state index in [-0.39, 0.29) is 0 Å². The predicted octanol–water partition coefficient (Wildman–Crippen LogP) is 0.814. The van der Waals surface area contributed by atoms with Gasteiger partial charge in [-0.05, 0) is 18.2 Å². The van der Waals surface area contributed by atoms with E-state index in [1.807, 2.05) is 0 Å². The zero-order valence-electron chi connectivity index (χ0n) is 7.97. The van der Waals surface area contributed by atoms with E-state index in [2.05, 4.69) is 9.98 Å². The Bertz CT molecular complexity index is 412. The number of dihydropyridines is 1. The van der Waals surface area contributed by atoms with Crippen LogP contribution in [0.5, 0.6) is 0 Å². The summed E-state index contributed by atoms with van der Waals surface area (Å²) in [5.41, 5.74) is 11.8. The third kappa shape index (κ3) is 1.79. The average Bonchev–Trinajstić information content (AvgIpc) is 2.23. The smallest absolute Gasteiger partial charge is 0.125 e. The molecular formula is C10H11ClN4. The Morgan fingerprint density at radius 3 is 2.80 bits per heavy atom. The highest BCUT2D eigenvalue weighted by molar-refractivity contribution is 6.30. The van der Waals surface area contributed by atoms with Gasteiger partial charge in [-0.25, -0.2) is 0 Å². The number of pyridine rings is 1. The Hall–Kier alpha value is -1.23. The van der Waals surface area contributed by atoms with Crippen LogP contribution in [-0.2, 0) is 5.54 Å². The summed E-state index contributed by atoms with van der Waals surface area (Å²) >= 11 is 5.75. The maximum atomic E-state index is 6.14. The van der Waals surface area contributed by atoms with Crippen LogP contribution in [0.3, 0.4) is 0 Å². The van der Waals surface area contributed by atoms with Crippen LogP contribution in [0.15, 0.2) is 35.5 Å². The highest BCUT2D eigenvalue weighted by Gasteiger charge is 2.34. The van der Waals surface area contributed by atoms with Crippen molar-refractivity contribution >= 4 is 17.8 Å². The number of halogens is 1. The Balaban J connectivity index is 2.41. The van der Waals surface area contributed by atoms with Gasteiger partial charge in [0.1, 0.15) is 11.7 Å². The lowest BCUT2D eigenvalue weighted by Crippen LogP contribution is -2.51. The number of aromatic nitrogens is 1. The summed E-state index contributed by atoms with van der Waals surface area (Å²) < 4.78 is 0. The van der Waals surface area contributed by atoms with E-state index in [9.17, 15) is 0 Å². The lowest BCUT2D eigenvalue weighted by molar-refractivity contribution is 0.434. The molecule has 1 aliphatic rings. The van der Waals surface area contributed by atoms with Crippen molar-refractivity contribution in [2.75, 3.05) is 0 Å². The molecule has 0 aliphatic carbocycles. The minimum Gasteiger partial charge on any atom is -0.314 e. The number of hydrogen-bond acceptors (Lipinski definition) is 4. The topological polar surface area (TPSA) is 77.3 Å². The second-order valence-corrected chi connectivity index (χ2v) is 3.83. The first-order chi connectivity index (χ1) is 7.13. The Kier molecular flexibility index (Phi) is 2.56. The van der Waals surface area contributed by atoms with Crippen molar-refractivity contribution < 1.29 is 0 Å².